The van der Waals surface area contributed by atoms with Gasteiger partial charge in [0.25, 0.3) is 0 Å². The van der Waals surface area contributed by atoms with Crippen molar-refractivity contribution in [2.75, 3.05) is 5.43 Å². The highest BCUT2D eigenvalue weighted by Gasteiger charge is 2.53. The third-order valence-corrected chi connectivity index (χ3v) is 6.14. The fourth-order valence-corrected chi connectivity index (χ4v) is 5.74. The molecule has 1 aromatic heterocycles. The molecule has 0 unspecified atom stereocenters. The molecule has 4 fully saturated rings. The standard InChI is InChI=1S/C12H18N4S/c13-14-11-16-15-10(17-11)12-4-7-1-8(5-12)3-9(2-7)6-12/h7-9H,1-6,13H2,(H,14,16). The molecular weight excluding hydrogens is 232 g/mol. The summed E-state index contributed by atoms with van der Waals surface area (Å²) in [6.07, 6.45) is 8.45. The van der Waals surface area contributed by atoms with Crippen molar-refractivity contribution in [3.63, 3.8) is 0 Å². The van der Waals surface area contributed by atoms with Crippen molar-refractivity contribution in [2.45, 2.75) is 43.9 Å². The van der Waals surface area contributed by atoms with E-state index in [1.807, 2.05) is 0 Å². The van der Waals surface area contributed by atoms with Crippen molar-refractivity contribution in [3.8, 4) is 0 Å². The molecule has 4 saturated carbocycles. The normalized spacial score (nSPS) is 43.0. The Bertz CT molecular complexity index is 406. The number of anilines is 1. The van der Waals surface area contributed by atoms with E-state index in [1.165, 1.54) is 43.5 Å². The van der Waals surface area contributed by atoms with Gasteiger partial charge in [0.05, 0.1) is 0 Å². The Morgan fingerprint density at radius 2 is 1.65 bits per heavy atom. The third kappa shape index (κ3) is 1.45. The summed E-state index contributed by atoms with van der Waals surface area (Å²) in [6.45, 7) is 0. The van der Waals surface area contributed by atoms with Gasteiger partial charge >= 0.3 is 0 Å². The molecule has 0 saturated heterocycles. The van der Waals surface area contributed by atoms with E-state index in [1.54, 1.807) is 11.3 Å². The largest absolute Gasteiger partial charge is 0.298 e. The second-order valence-electron chi connectivity index (χ2n) is 6.25. The molecule has 5 rings (SSSR count). The first kappa shape index (κ1) is 10.3. The maximum atomic E-state index is 5.41. The molecule has 4 aliphatic carbocycles. The van der Waals surface area contributed by atoms with E-state index < -0.39 is 0 Å². The molecule has 4 bridgehead atoms. The first-order valence-corrected chi connectivity index (χ1v) is 7.40. The molecular formula is C12H18N4S. The van der Waals surface area contributed by atoms with Gasteiger partial charge in [0, 0.05) is 5.41 Å². The van der Waals surface area contributed by atoms with Gasteiger partial charge in [-0.3, -0.25) is 5.43 Å². The molecule has 17 heavy (non-hydrogen) atoms. The van der Waals surface area contributed by atoms with Gasteiger partial charge in [-0.25, -0.2) is 5.84 Å². The summed E-state index contributed by atoms with van der Waals surface area (Å²) >= 11 is 1.66. The lowest BCUT2D eigenvalue weighted by molar-refractivity contribution is -0.00555. The van der Waals surface area contributed by atoms with Gasteiger partial charge in [-0.1, -0.05) is 11.3 Å². The van der Waals surface area contributed by atoms with E-state index in [-0.39, 0.29) is 0 Å². The van der Waals surface area contributed by atoms with Crippen molar-refractivity contribution in [3.05, 3.63) is 5.01 Å². The Labute approximate surface area is 105 Å². The predicted octanol–water partition coefficient (Wildman–Crippen LogP) is 2.29. The van der Waals surface area contributed by atoms with Crippen molar-refractivity contribution >= 4 is 16.5 Å². The molecule has 0 aliphatic heterocycles. The lowest BCUT2D eigenvalue weighted by atomic mass is 9.50. The van der Waals surface area contributed by atoms with Crippen molar-refractivity contribution in [1.82, 2.24) is 10.2 Å². The summed E-state index contributed by atoms with van der Waals surface area (Å²) in [5, 5.41) is 10.5. The summed E-state index contributed by atoms with van der Waals surface area (Å²) < 4.78 is 0. The molecule has 0 spiro atoms. The third-order valence-electron chi connectivity index (χ3n) is 5.04. The zero-order valence-corrected chi connectivity index (χ0v) is 10.7. The summed E-state index contributed by atoms with van der Waals surface area (Å²) in [5.74, 6) is 8.29. The lowest BCUT2D eigenvalue weighted by Crippen LogP contribution is -2.48. The molecule has 4 nitrogen and oxygen atoms in total. The second kappa shape index (κ2) is 3.42. The average Bonchev–Trinajstić information content (AvgIpc) is 2.76. The number of nitrogen functional groups attached to an aromatic ring is 1. The predicted molar refractivity (Wildman–Crippen MR) is 67.6 cm³/mol. The van der Waals surface area contributed by atoms with Crippen LogP contribution < -0.4 is 11.3 Å². The Morgan fingerprint density at radius 1 is 1.06 bits per heavy atom. The van der Waals surface area contributed by atoms with Gasteiger partial charge in [0.1, 0.15) is 5.01 Å². The van der Waals surface area contributed by atoms with Crippen LogP contribution in [-0.2, 0) is 5.41 Å². The van der Waals surface area contributed by atoms with E-state index in [4.69, 9.17) is 5.84 Å². The van der Waals surface area contributed by atoms with Gasteiger partial charge in [-0.05, 0) is 56.3 Å². The Hall–Kier alpha value is -0.680. The molecule has 92 valence electrons. The molecule has 1 aromatic rings. The van der Waals surface area contributed by atoms with Crippen LogP contribution in [0, 0.1) is 17.8 Å². The molecule has 0 aromatic carbocycles. The van der Waals surface area contributed by atoms with Gasteiger partial charge in [0.2, 0.25) is 5.13 Å². The maximum absolute atomic E-state index is 5.41. The molecule has 5 heteroatoms. The average molecular weight is 250 g/mol. The van der Waals surface area contributed by atoms with Crippen molar-refractivity contribution in [1.29, 1.82) is 0 Å². The number of hydrazine groups is 1. The van der Waals surface area contributed by atoms with E-state index in [0.717, 1.165) is 22.9 Å². The molecule has 0 radical (unpaired) electrons. The Balaban J connectivity index is 1.72. The first-order chi connectivity index (χ1) is 8.27. The number of nitrogens with one attached hydrogen (secondary N) is 1. The van der Waals surface area contributed by atoms with Gasteiger partial charge in [-0.2, -0.15) is 0 Å². The second-order valence-corrected chi connectivity index (χ2v) is 7.23. The van der Waals surface area contributed by atoms with E-state index in [2.05, 4.69) is 15.6 Å². The number of rotatable bonds is 2. The summed E-state index contributed by atoms with van der Waals surface area (Å²) in [4.78, 5) is 0. The molecule has 0 atom stereocenters. The molecule has 0 amide bonds. The maximum Gasteiger partial charge on any atom is 0.219 e. The number of nitrogens with zero attached hydrogens (tertiary/aromatic N) is 2. The summed E-state index contributed by atoms with van der Waals surface area (Å²) in [5.41, 5.74) is 2.99. The zero-order valence-electron chi connectivity index (χ0n) is 9.85. The van der Waals surface area contributed by atoms with Crippen LogP contribution in [0.5, 0.6) is 0 Å². The summed E-state index contributed by atoms with van der Waals surface area (Å²) in [7, 11) is 0. The van der Waals surface area contributed by atoms with Crippen LogP contribution in [0.3, 0.4) is 0 Å². The van der Waals surface area contributed by atoms with E-state index >= 15 is 0 Å². The zero-order chi connectivity index (χ0) is 11.5. The van der Waals surface area contributed by atoms with Crippen LogP contribution in [0.25, 0.3) is 0 Å². The van der Waals surface area contributed by atoms with Gasteiger partial charge in [-0.15, -0.1) is 10.2 Å². The number of nitrogens with two attached hydrogens (primary N) is 1. The quantitative estimate of drug-likeness (QED) is 0.624. The lowest BCUT2D eigenvalue weighted by Gasteiger charge is -2.55. The summed E-state index contributed by atoms with van der Waals surface area (Å²) in [6, 6.07) is 0. The van der Waals surface area contributed by atoms with Crippen LogP contribution in [0.15, 0.2) is 0 Å². The fourth-order valence-electron chi connectivity index (χ4n) is 4.87. The topological polar surface area (TPSA) is 63.8 Å². The van der Waals surface area contributed by atoms with Crippen molar-refractivity contribution < 1.29 is 0 Å². The Morgan fingerprint density at radius 3 is 2.12 bits per heavy atom. The smallest absolute Gasteiger partial charge is 0.219 e. The fraction of sp³-hybridized carbons (Fsp3) is 0.833. The minimum Gasteiger partial charge on any atom is -0.298 e. The van der Waals surface area contributed by atoms with Crippen LogP contribution in [0.1, 0.15) is 43.5 Å². The highest BCUT2D eigenvalue weighted by atomic mass is 32.1. The van der Waals surface area contributed by atoms with Crippen molar-refractivity contribution in [2.24, 2.45) is 23.6 Å². The molecule has 1 heterocycles. The number of hydrogen-bond acceptors (Lipinski definition) is 5. The number of aromatic nitrogens is 2. The van der Waals surface area contributed by atoms with Crippen LogP contribution in [-0.4, -0.2) is 10.2 Å². The highest BCUT2D eigenvalue weighted by Crippen LogP contribution is 2.61. The molecule has 3 N–H and O–H groups in total. The SMILES string of the molecule is NNc1nnc(C23CC4CC(CC(C4)C2)C3)s1. The van der Waals surface area contributed by atoms with E-state index in [9.17, 15) is 0 Å². The van der Waals surface area contributed by atoms with Gasteiger partial charge in [0.15, 0.2) is 0 Å². The Kier molecular flexibility index (Phi) is 2.06. The van der Waals surface area contributed by atoms with Crippen LogP contribution in [0.4, 0.5) is 5.13 Å². The van der Waals surface area contributed by atoms with E-state index in [0.29, 0.717) is 5.41 Å². The van der Waals surface area contributed by atoms with Gasteiger partial charge < -0.3 is 0 Å². The highest BCUT2D eigenvalue weighted by molar-refractivity contribution is 7.15. The molecule has 4 aliphatic rings. The van der Waals surface area contributed by atoms with Crippen LogP contribution >= 0.6 is 11.3 Å². The first-order valence-electron chi connectivity index (χ1n) is 6.58. The van der Waals surface area contributed by atoms with Crippen LogP contribution in [0.2, 0.25) is 0 Å². The number of hydrogen-bond donors (Lipinski definition) is 2. The monoisotopic (exact) mass is 250 g/mol. The minimum atomic E-state index is 0.363. The minimum absolute atomic E-state index is 0.363.